The minimum absolute atomic E-state index is 0.0898. The Bertz CT molecular complexity index is 1150. The van der Waals surface area contributed by atoms with Crippen molar-refractivity contribution in [1.29, 1.82) is 0 Å². The highest BCUT2D eigenvalue weighted by Gasteiger charge is 2.30. The van der Waals surface area contributed by atoms with Gasteiger partial charge in [-0.15, -0.1) is 0 Å². The number of nitrogens with zero attached hydrogens (tertiary/aromatic N) is 2. The molecule has 1 atom stereocenters. The summed E-state index contributed by atoms with van der Waals surface area (Å²) in [5.74, 6) is 0.929. The number of benzene rings is 2. The maximum absolute atomic E-state index is 12.6. The van der Waals surface area contributed by atoms with E-state index in [1.807, 2.05) is 23.7 Å². The lowest BCUT2D eigenvalue weighted by atomic mass is 10.2. The molecule has 156 valence electrons. The summed E-state index contributed by atoms with van der Waals surface area (Å²) in [5.41, 5.74) is 1.90. The van der Waals surface area contributed by atoms with Gasteiger partial charge in [0.05, 0.1) is 17.1 Å². The van der Waals surface area contributed by atoms with Crippen molar-refractivity contribution in [1.82, 2.24) is 9.78 Å². The molecule has 2 aromatic carbocycles. The van der Waals surface area contributed by atoms with Crippen LogP contribution < -0.4 is 10.0 Å². The lowest BCUT2D eigenvalue weighted by Gasteiger charge is -2.15. The number of nitrogens with one attached hydrogen (secondary N) is 2. The Balaban J connectivity index is 1.46. The Kier molecular flexibility index (Phi) is 5.34. The molecule has 1 aromatic heterocycles. The molecule has 0 spiro atoms. The van der Waals surface area contributed by atoms with Crippen molar-refractivity contribution in [3.05, 3.63) is 71.9 Å². The third kappa shape index (κ3) is 4.38. The van der Waals surface area contributed by atoms with Gasteiger partial charge in [0, 0.05) is 17.3 Å². The van der Waals surface area contributed by atoms with E-state index in [9.17, 15) is 13.2 Å². The standard InChI is InChI=1S/C22H24N4O3S/c1-15-3-9-19(10-4-15)25-30(28,29)20-11-7-18(8-12-20)22(27)24-21-13-14-23-26(21)16(2)17-5-6-17/h3-4,7-14,16-17,25H,5-6H2,1-2H3,(H,24,27). The summed E-state index contributed by atoms with van der Waals surface area (Å²) >= 11 is 0. The molecule has 3 aromatic rings. The van der Waals surface area contributed by atoms with Crippen LogP contribution in [0, 0.1) is 12.8 Å². The summed E-state index contributed by atoms with van der Waals surface area (Å²) in [4.78, 5) is 12.7. The average Bonchev–Trinajstić information content (AvgIpc) is 3.48. The molecule has 1 aliphatic carbocycles. The predicted molar refractivity (Wildman–Crippen MR) is 116 cm³/mol. The zero-order chi connectivity index (χ0) is 21.3. The van der Waals surface area contributed by atoms with Gasteiger partial charge in [0.1, 0.15) is 5.82 Å². The molecule has 1 amide bonds. The largest absolute Gasteiger partial charge is 0.307 e. The van der Waals surface area contributed by atoms with Crippen LogP contribution in [0.25, 0.3) is 0 Å². The lowest BCUT2D eigenvalue weighted by Crippen LogP contribution is -2.18. The van der Waals surface area contributed by atoms with E-state index >= 15 is 0 Å². The molecule has 1 heterocycles. The summed E-state index contributed by atoms with van der Waals surface area (Å²) in [7, 11) is -3.73. The van der Waals surface area contributed by atoms with E-state index in [0.717, 1.165) is 5.56 Å². The van der Waals surface area contributed by atoms with E-state index in [1.54, 1.807) is 24.4 Å². The summed E-state index contributed by atoms with van der Waals surface area (Å²) < 4.78 is 29.6. The Morgan fingerprint density at radius 3 is 2.37 bits per heavy atom. The number of anilines is 2. The van der Waals surface area contributed by atoms with Crippen molar-refractivity contribution < 1.29 is 13.2 Å². The lowest BCUT2D eigenvalue weighted by molar-refractivity contribution is 0.102. The van der Waals surface area contributed by atoms with Crippen LogP contribution in [-0.2, 0) is 10.0 Å². The van der Waals surface area contributed by atoms with Gasteiger partial charge in [0.2, 0.25) is 0 Å². The number of amides is 1. The molecule has 30 heavy (non-hydrogen) atoms. The van der Waals surface area contributed by atoms with Crippen LogP contribution in [0.4, 0.5) is 11.5 Å². The molecule has 1 fully saturated rings. The van der Waals surface area contributed by atoms with Crippen LogP contribution in [0.15, 0.2) is 65.7 Å². The fraction of sp³-hybridized carbons (Fsp3) is 0.273. The van der Waals surface area contributed by atoms with Gasteiger partial charge < -0.3 is 5.32 Å². The minimum Gasteiger partial charge on any atom is -0.307 e. The van der Waals surface area contributed by atoms with Crippen LogP contribution in [0.1, 0.15) is 41.7 Å². The van der Waals surface area contributed by atoms with E-state index in [-0.39, 0.29) is 16.8 Å². The molecule has 0 radical (unpaired) electrons. The number of aryl methyl sites for hydroxylation is 1. The molecule has 1 saturated carbocycles. The van der Waals surface area contributed by atoms with Gasteiger partial charge in [-0.05, 0) is 69.0 Å². The smallest absolute Gasteiger partial charge is 0.261 e. The van der Waals surface area contributed by atoms with Gasteiger partial charge in [-0.1, -0.05) is 17.7 Å². The summed E-state index contributed by atoms with van der Waals surface area (Å²) in [6.07, 6.45) is 4.03. The highest BCUT2D eigenvalue weighted by Crippen LogP contribution is 2.40. The van der Waals surface area contributed by atoms with E-state index in [1.165, 1.54) is 37.1 Å². The van der Waals surface area contributed by atoms with E-state index < -0.39 is 10.0 Å². The highest BCUT2D eigenvalue weighted by molar-refractivity contribution is 7.92. The average molecular weight is 425 g/mol. The van der Waals surface area contributed by atoms with E-state index in [4.69, 9.17) is 0 Å². The molecule has 2 N–H and O–H groups in total. The third-order valence-corrected chi connectivity index (χ3v) is 6.73. The number of aromatic nitrogens is 2. The SMILES string of the molecule is Cc1ccc(NS(=O)(=O)c2ccc(C(=O)Nc3ccnn3C(C)C3CC3)cc2)cc1. The molecule has 0 saturated heterocycles. The fourth-order valence-electron chi connectivity index (χ4n) is 3.33. The number of hydrogen-bond acceptors (Lipinski definition) is 4. The number of carbonyl (C=O) groups excluding carboxylic acids is 1. The van der Waals surface area contributed by atoms with E-state index in [2.05, 4.69) is 22.1 Å². The fourth-order valence-corrected chi connectivity index (χ4v) is 4.38. The molecule has 1 unspecified atom stereocenters. The summed E-state index contributed by atoms with van der Waals surface area (Å²) in [6, 6.07) is 14.9. The Hall–Kier alpha value is -3.13. The maximum Gasteiger partial charge on any atom is 0.261 e. The van der Waals surface area contributed by atoms with Gasteiger partial charge in [-0.25, -0.2) is 13.1 Å². The topological polar surface area (TPSA) is 93.1 Å². The number of hydrogen-bond donors (Lipinski definition) is 2. The van der Waals surface area contributed by atoms with Crippen molar-refractivity contribution >= 4 is 27.4 Å². The first kappa shape index (κ1) is 20.2. The molecular formula is C22H24N4O3S. The normalized spacial score (nSPS) is 14.9. The van der Waals surface area contributed by atoms with Crippen LogP contribution >= 0.6 is 0 Å². The second kappa shape index (κ2) is 7.95. The minimum atomic E-state index is -3.73. The van der Waals surface area contributed by atoms with Crippen LogP contribution in [-0.4, -0.2) is 24.1 Å². The van der Waals surface area contributed by atoms with E-state index in [0.29, 0.717) is 23.0 Å². The van der Waals surface area contributed by atoms with Crippen LogP contribution in [0.5, 0.6) is 0 Å². The van der Waals surface area contributed by atoms with Crippen molar-refractivity contribution in [2.24, 2.45) is 5.92 Å². The van der Waals surface area contributed by atoms with Crippen molar-refractivity contribution in [2.45, 2.75) is 37.6 Å². The second-order valence-electron chi connectivity index (χ2n) is 7.69. The zero-order valence-electron chi connectivity index (χ0n) is 16.9. The van der Waals surface area contributed by atoms with Crippen molar-refractivity contribution in [2.75, 3.05) is 10.0 Å². The number of carbonyl (C=O) groups is 1. The van der Waals surface area contributed by atoms with Gasteiger partial charge in [0.25, 0.3) is 15.9 Å². The molecule has 1 aliphatic rings. The first-order valence-corrected chi connectivity index (χ1v) is 11.4. The first-order chi connectivity index (χ1) is 14.3. The predicted octanol–water partition coefficient (Wildman–Crippen LogP) is 4.22. The maximum atomic E-state index is 12.6. The molecular weight excluding hydrogens is 400 g/mol. The molecule has 0 bridgehead atoms. The number of rotatable bonds is 7. The van der Waals surface area contributed by atoms with Crippen molar-refractivity contribution in [3.63, 3.8) is 0 Å². The first-order valence-electron chi connectivity index (χ1n) is 9.88. The second-order valence-corrected chi connectivity index (χ2v) is 9.37. The molecule has 7 nitrogen and oxygen atoms in total. The van der Waals surface area contributed by atoms with Crippen LogP contribution in [0.2, 0.25) is 0 Å². The molecule has 8 heteroatoms. The Labute approximate surface area is 176 Å². The highest BCUT2D eigenvalue weighted by atomic mass is 32.2. The molecule has 4 rings (SSSR count). The monoisotopic (exact) mass is 424 g/mol. The Morgan fingerprint density at radius 2 is 1.73 bits per heavy atom. The molecule has 0 aliphatic heterocycles. The summed E-state index contributed by atoms with van der Waals surface area (Å²) in [5, 5.41) is 7.20. The quantitative estimate of drug-likeness (QED) is 0.594. The summed E-state index contributed by atoms with van der Waals surface area (Å²) in [6.45, 7) is 4.03. The van der Waals surface area contributed by atoms with Gasteiger partial charge >= 0.3 is 0 Å². The van der Waals surface area contributed by atoms with Gasteiger partial charge in [0.15, 0.2) is 0 Å². The van der Waals surface area contributed by atoms with Crippen molar-refractivity contribution in [3.8, 4) is 0 Å². The van der Waals surface area contributed by atoms with Gasteiger partial charge in [-0.3, -0.25) is 9.52 Å². The zero-order valence-corrected chi connectivity index (χ0v) is 17.7. The third-order valence-electron chi connectivity index (χ3n) is 5.33. The Morgan fingerprint density at radius 1 is 1.07 bits per heavy atom. The van der Waals surface area contributed by atoms with Crippen LogP contribution in [0.3, 0.4) is 0 Å². The number of sulfonamides is 1. The van der Waals surface area contributed by atoms with Gasteiger partial charge in [-0.2, -0.15) is 5.10 Å².